The van der Waals surface area contributed by atoms with Crippen molar-refractivity contribution in [3.05, 3.63) is 34.4 Å². The lowest BCUT2D eigenvalue weighted by Crippen LogP contribution is -1.82. The minimum absolute atomic E-state index is 0.141. The quantitative estimate of drug-likeness (QED) is 0.706. The molecule has 0 radical (unpaired) electrons. The molecule has 1 aromatic carbocycles. The van der Waals surface area contributed by atoms with E-state index < -0.39 is 0 Å². The molecule has 0 aromatic heterocycles. The van der Waals surface area contributed by atoms with Crippen LogP contribution < -0.4 is 0 Å². The molecule has 1 aromatic rings. The van der Waals surface area contributed by atoms with Gasteiger partial charge in [0.15, 0.2) is 0 Å². The fraction of sp³-hybridized carbons (Fsp3) is 0.200. The van der Waals surface area contributed by atoms with E-state index in [-0.39, 0.29) is 5.75 Å². The van der Waals surface area contributed by atoms with Crippen molar-refractivity contribution in [2.75, 3.05) is 0 Å². The van der Waals surface area contributed by atoms with Crippen molar-refractivity contribution in [1.29, 1.82) is 0 Å². The number of benzene rings is 1. The maximum absolute atomic E-state index is 9.24. The van der Waals surface area contributed by atoms with E-state index in [2.05, 4.69) is 0 Å². The standard InChI is InChI=1S/C10H11ClO/c1-3-4-8-5-6-9(12)10(11)7(8)2/h3-6,12H,1-2H3/b4-3-. The van der Waals surface area contributed by atoms with Gasteiger partial charge in [0.05, 0.1) is 5.02 Å². The van der Waals surface area contributed by atoms with E-state index in [1.165, 1.54) is 0 Å². The van der Waals surface area contributed by atoms with E-state index in [1.807, 2.05) is 32.1 Å². The molecule has 1 N–H and O–H groups in total. The van der Waals surface area contributed by atoms with Crippen LogP contribution in [0, 0.1) is 6.92 Å². The van der Waals surface area contributed by atoms with Crippen LogP contribution in [0.5, 0.6) is 5.75 Å². The van der Waals surface area contributed by atoms with Crippen molar-refractivity contribution in [2.24, 2.45) is 0 Å². The zero-order valence-corrected chi connectivity index (χ0v) is 7.89. The number of hydrogen-bond acceptors (Lipinski definition) is 1. The van der Waals surface area contributed by atoms with Gasteiger partial charge < -0.3 is 5.11 Å². The van der Waals surface area contributed by atoms with Gasteiger partial charge in [0.1, 0.15) is 5.75 Å². The summed E-state index contributed by atoms with van der Waals surface area (Å²) in [6.07, 6.45) is 3.90. The summed E-state index contributed by atoms with van der Waals surface area (Å²) < 4.78 is 0. The van der Waals surface area contributed by atoms with Crippen LogP contribution in [0.25, 0.3) is 6.08 Å². The number of phenols is 1. The van der Waals surface area contributed by atoms with Crippen molar-refractivity contribution in [3.63, 3.8) is 0 Å². The third-order valence-corrected chi connectivity index (χ3v) is 2.23. The minimum atomic E-state index is 0.141. The van der Waals surface area contributed by atoms with Crippen LogP contribution in [0.2, 0.25) is 5.02 Å². The Bertz CT molecular complexity index is 316. The van der Waals surface area contributed by atoms with Gasteiger partial charge in [-0.05, 0) is 31.0 Å². The lowest BCUT2D eigenvalue weighted by molar-refractivity contribution is 0.475. The van der Waals surface area contributed by atoms with E-state index in [4.69, 9.17) is 11.6 Å². The third kappa shape index (κ3) is 1.62. The molecule has 0 heterocycles. The van der Waals surface area contributed by atoms with Gasteiger partial charge in [0, 0.05) is 0 Å². The summed E-state index contributed by atoms with van der Waals surface area (Å²) in [5.41, 5.74) is 1.95. The summed E-state index contributed by atoms with van der Waals surface area (Å²) in [5, 5.41) is 9.67. The molecule has 0 atom stereocenters. The molecule has 0 aliphatic carbocycles. The molecule has 1 nitrogen and oxygen atoms in total. The number of rotatable bonds is 1. The van der Waals surface area contributed by atoms with E-state index >= 15 is 0 Å². The first-order valence-corrected chi connectivity index (χ1v) is 4.15. The Morgan fingerprint density at radius 1 is 1.42 bits per heavy atom. The van der Waals surface area contributed by atoms with Crippen molar-refractivity contribution < 1.29 is 5.11 Å². The van der Waals surface area contributed by atoms with Crippen LogP contribution in [0.15, 0.2) is 18.2 Å². The highest BCUT2D eigenvalue weighted by atomic mass is 35.5. The van der Waals surface area contributed by atoms with Crippen LogP contribution >= 0.6 is 11.6 Å². The van der Waals surface area contributed by atoms with E-state index in [9.17, 15) is 5.11 Å². The van der Waals surface area contributed by atoms with Crippen LogP contribution in [0.1, 0.15) is 18.1 Å². The highest BCUT2D eigenvalue weighted by Crippen LogP contribution is 2.29. The third-order valence-electron chi connectivity index (χ3n) is 1.75. The van der Waals surface area contributed by atoms with E-state index in [0.717, 1.165) is 11.1 Å². The maximum Gasteiger partial charge on any atom is 0.134 e. The van der Waals surface area contributed by atoms with Crippen LogP contribution in [0.4, 0.5) is 0 Å². The largest absolute Gasteiger partial charge is 0.506 e. The van der Waals surface area contributed by atoms with E-state index in [1.54, 1.807) is 6.07 Å². The van der Waals surface area contributed by atoms with E-state index in [0.29, 0.717) is 5.02 Å². The first kappa shape index (κ1) is 9.14. The fourth-order valence-corrected chi connectivity index (χ4v) is 1.22. The molecule has 0 saturated heterocycles. The molecule has 0 fully saturated rings. The van der Waals surface area contributed by atoms with Crippen molar-refractivity contribution >= 4 is 17.7 Å². The summed E-state index contributed by atoms with van der Waals surface area (Å²) in [5.74, 6) is 0.141. The van der Waals surface area contributed by atoms with Crippen LogP contribution in [-0.4, -0.2) is 5.11 Å². The van der Waals surface area contributed by atoms with Gasteiger partial charge in [-0.3, -0.25) is 0 Å². The topological polar surface area (TPSA) is 20.2 Å². The Hall–Kier alpha value is -0.950. The molecule has 0 saturated carbocycles. The normalized spacial score (nSPS) is 10.9. The Balaban J connectivity index is 3.26. The highest BCUT2D eigenvalue weighted by molar-refractivity contribution is 6.32. The second-order valence-corrected chi connectivity index (χ2v) is 2.99. The molecule has 0 aliphatic heterocycles. The zero-order chi connectivity index (χ0) is 9.14. The van der Waals surface area contributed by atoms with Crippen LogP contribution in [-0.2, 0) is 0 Å². The Morgan fingerprint density at radius 3 is 2.67 bits per heavy atom. The highest BCUT2D eigenvalue weighted by Gasteiger charge is 2.03. The summed E-state index contributed by atoms with van der Waals surface area (Å²) in [4.78, 5) is 0. The predicted octanol–water partition coefficient (Wildman–Crippen LogP) is 3.39. The Kier molecular flexibility index (Phi) is 2.77. The molecular weight excluding hydrogens is 172 g/mol. The monoisotopic (exact) mass is 182 g/mol. The van der Waals surface area contributed by atoms with Gasteiger partial charge in [-0.1, -0.05) is 29.8 Å². The lowest BCUT2D eigenvalue weighted by atomic mass is 10.1. The average molecular weight is 183 g/mol. The summed E-state index contributed by atoms with van der Waals surface area (Å²) in [6, 6.07) is 3.45. The Morgan fingerprint density at radius 2 is 2.08 bits per heavy atom. The second kappa shape index (κ2) is 3.63. The average Bonchev–Trinajstić information content (AvgIpc) is 2.07. The lowest BCUT2D eigenvalue weighted by Gasteiger charge is -2.04. The maximum atomic E-state index is 9.24. The van der Waals surface area contributed by atoms with Crippen molar-refractivity contribution in [3.8, 4) is 5.75 Å². The second-order valence-electron chi connectivity index (χ2n) is 2.61. The number of hydrogen-bond donors (Lipinski definition) is 1. The fourth-order valence-electron chi connectivity index (χ4n) is 1.05. The van der Waals surface area contributed by atoms with Crippen molar-refractivity contribution in [2.45, 2.75) is 13.8 Å². The first-order chi connectivity index (χ1) is 5.66. The molecule has 64 valence electrons. The number of halogens is 1. The molecule has 2 heteroatoms. The predicted molar refractivity (Wildman–Crippen MR) is 52.6 cm³/mol. The molecule has 0 bridgehead atoms. The zero-order valence-electron chi connectivity index (χ0n) is 7.13. The Labute approximate surface area is 77.3 Å². The smallest absolute Gasteiger partial charge is 0.134 e. The molecule has 0 spiro atoms. The summed E-state index contributed by atoms with van der Waals surface area (Å²) >= 11 is 5.83. The first-order valence-electron chi connectivity index (χ1n) is 3.77. The minimum Gasteiger partial charge on any atom is -0.506 e. The van der Waals surface area contributed by atoms with Gasteiger partial charge >= 0.3 is 0 Å². The molecule has 0 unspecified atom stereocenters. The van der Waals surface area contributed by atoms with Crippen LogP contribution in [0.3, 0.4) is 0 Å². The number of phenolic OH excluding ortho intramolecular Hbond substituents is 1. The SMILES string of the molecule is C/C=C\c1ccc(O)c(Cl)c1C. The molecule has 1 rings (SSSR count). The van der Waals surface area contributed by atoms with Gasteiger partial charge in [0.2, 0.25) is 0 Å². The van der Waals surface area contributed by atoms with Gasteiger partial charge in [0.25, 0.3) is 0 Å². The summed E-state index contributed by atoms with van der Waals surface area (Å²) in [6.45, 7) is 3.83. The van der Waals surface area contributed by atoms with Gasteiger partial charge in [-0.2, -0.15) is 0 Å². The number of allylic oxidation sites excluding steroid dienone is 1. The molecule has 12 heavy (non-hydrogen) atoms. The molecule has 0 aliphatic rings. The molecular formula is C10H11ClO. The van der Waals surface area contributed by atoms with Crippen molar-refractivity contribution in [1.82, 2.24) is 0 Å². The number of aromatic hydroxyl groups is 1. The summed E-state index contributed by atoms with van der Waals surface area (Å²) in [7, 11) is 0. The van der Waals surface area contributed by atoms with Gasteiger partial charge in [-0.15, -0.1) is 0 Å². The van der Waals surface area contributed by atoms with Gasteiger partial charge in [-0.25, -0.2) is 0 Å². The molecule has 0 amide bonds.